The van der Waals surface area contributed by atoms with Crippen LogP contribution in [0.4, 0.5) is 0 Å². The molecule has 1 aromatic carbocycles. The molecule has 1 unspecified atom stereocenters. The molecule has 0 spiro atoms. The van der Waals surface area contributed by atoms with Crippen molar-refractivity contribution >= 4 is 28.9 Å². The lowest BCUT2D eigenvalue weighted by atomic mass is 10.1. The number of aliphatic hydroxyl groups excluding tert-OH is 1. The molecule has 24 heavy (non-hydrogen) atoms. The number of nitrogens with one attached hydrogen (secondary N) is 2. The summed E-state index contributed by atoms with van der Waals surface area (Å²) in [5, 5.41) is 25.4. The van der Waals surface area contributed by atoms with Gasteiger partial charge in [-0.1, -0.05) is 23.7 Å². The van der Waals surface area contributed by atoms with Gasteiger partial charge in [-0.2, -0.15) is 5.26 Å². The number of aliphatic imine (C=N–C) groups is 1. The molecular weight excluding hydrogens is 344 g/mol. The van der Waals surface area contributed by atoms with E-state index in [-0.39, 0.29) is 0 Å². The summed E-state index contributed by atoms with van der Waals surface area (Å²) in [7, 11) is 0. The van der Waals surface area contributed by atoms with Gasteiger partial charge in [0, 0.05) is 18.0 Å². The van der Waals surface area contributed by atoms with Gasteiger partial charge in [0.1, 0.15) is 6.10 Å². The van der Waals surface area contributed by atoms with Gasteiger partial charge in [-0.25, -0.2) is 4.99 Å². The van der Waals surface area contributed by atoms with Gasteiger partial charge in [0.15, 0.2) is 5.96 Å². The average molecular weight is 363 g/mol. The maximum Gasteiger partial charge on any atom is 0.191 e. The fraction of sp³-hybridized carbons (Fsp3) is 0.294. The molecule has 2 rings (SSSR count). The fourth-order valence-corrected chi connectivity index (χ4v) is 3.10. The Morgan fingerprint density at radius 1 is 1.38 bits per heavy atom. The third-order valence-electron chi connectivity index (χ3n) is 3.21. The molecule has 0 saturated heterocycles. The SMILES string of the molecule is CCNC(=NCc1cccc(C#N)c1)NCC(O)c1ccc(Cl)s1. The van der Waals surface area contributed by atoms with Crippen LogP contribution in [0.2, 0.25) is 4.34 Å². The molecule has 1 heterocycles. The zero-order valence-electron chi connectivity index (χ0n) is 13.3. The van der Waals surface area contributed by atoms with E-state index in [0.717, 1.165) is 10.4 Å². The highest BCUT2D eigenvalue weighted by molar-refractivity contribution is 7.16. The molecule has 0 radical (unpaired) electrons. The van der Waals surface area contributed by atoms with Crippen LogP contribution in [0.5, 0.6) is 0 Å². The number of aliphatic hydroxyl groups is 1. The number of rotatable bonds is 6. The Morgan fingerprint density at radius 3 is 2.88 bits per heavy atom. The Labute approximate surface area is 150 Å². The van der Waals surface area contributed by atoms with Crippen LogP contribution in [0.25, 0.3) is 0 Å². The summed E-state index contributed by atoms with van der Waals surface area (Å²) in [6, 6.07) is 13.1. The molecule has 7 heteroatoms. The van der Waals surface area contributed by atoms with E-state index in [4.69, 9.17) is 16.9 Å². The van der Waals surface area contributed by atoms with E-state index in [9.17, 15) is 5.11 Å². The maximum atomic E-state index is 10.2. The number of benzene rings is 1. The fourth-order valence-electron chi connectivity index (χ4n) is 2.05. The number of halogens is 1. The Bertz CT molecular complexity index is 738. The minimum Gasteiger partial charge on any atom is -0.386 e. The highest BCUT2D eigenvalue weighted by Crippen LogP contribution is 2.26. The zero-order chi connectivity index (χ0) is 17.4. The molecule has 0 aliphatic rings. The van der Waals surface area contributed by atoms with Gasteiger partial charge in [0.25, 0.3) is 0 Å². The lowest BCUT2D eigenvalue weighted by molar-refractivity contribution is 0.184. The molecule has 0 saturated carbocycles. The van der Waals surface area contributed by atoms with Crippen LogP contribution in [0.1, 0.15) is 29.0 Å². The van der Waals surface area contributed by atoms with Crippen molar-refractivity contribution in [2.45, 2.75) is 19.6 Å². The molecule has 0 fully saturated rings. The summed E-state index contributed by atoms with van der Waals surface area (Å²) < 4.78 is 0.655. The quantitative estimate of drug-likeness (QED) is 0.545. The summed E-state index contributed by atoms with van der Waals surface area (Å²) in [4.78, 5) is 5.29. The minimum atomic E-state index is -0.645. The highest BCUT2D eigenvalue weighted by Gasteiger charge is 2.11. The number of guanidine groups is 1. The van der Waals surface area contributed by atoms with Gasteiger partial charge in [0.2, 0.25) is 0 Å². The van der Waals surface area contributed by atoms with Crippen molar-refractivity contribution in [1.82, 2.24) is 10.6 Å². The normalized spacial score (nSPS) is 12.5. The first-order valence-corrected chi connectivity index (χ1v) is 8.76. The summed E-state index contributed by atoms with van der Waals surface area (Å²) >= 11 is 7.25. The van der Waals surface area contributed by atoms with Crippen molar-refractivity contribution in [2.24, 2.45) is 4.99 Å². The highest BCUT2D eigenvalue weighted by atomic mass is 35.5. The van der Waals surface area contributed by atoms with Crippen LogP contribution in [0.15, 0.2) is 41.4 Å². The van der Waals surface area contributed by atoms with Crippen molar-refractivity contribution < 1.29 is 5.11 Å². The summed E-state index contributed by atoms with van der Waals surface area (Å²) in [6.45, 7) is 3.47. The van der Waals surface area contributed by atoms with Crippen LogP contribution in [0, 0.1) is 11.3 Å². The van der Waals surface area contributed by atoms with E-state index in [0.29, 0.717) is 35.5 Å². The second-order valence-electron chi connectivity index (χ2n) is 5.05. The monoisotopic (exact) mass is 362 g/mol. The predicted octanol–water partition coefficient (Wildman–Crippen LogP) is 3.06. The molecule has 1 aromatic heterocycles. The Balaban J connectivity index is 1.96. The van der Waals surface area contributed by atoms with Crippen molar-refractivity contribution in [3.05, 3.63) is 56.7 Å². The molecule has 0 bridgehead atoms. The van der Waals surface area contributed by atoms with Crippen LogP contribution < -0.4 is 10.6 Å². The van der Waals surface area contributed by atoms with Gasteiger partial charge in [-0.3, -0.25) is 0 Å². The largest absolute Gasteiger partial charge is 0.386 e. The standard InChI is InChI=1S/C17H19ClN4OS/c1-2-20-17(21-10-13-5-3-4-12(8-13)9-19)22-11-14(23)15-6-7-16(18)24-15/h3-8,14,23H,2,10-11H2,1H3,(H2,20,21,22). The lowest BCUT2D eigenvalue weighted by Gasteiger charge is -2.14. The molecule has 126 valence electrons. The van der Waals surface area contributed by atoms with Crippen LogP contribution in [-0.4, -0.2) is 24.2 Å². The number of nitriles is 1. The summed E-state index contributed by atoms with van der Waals surface area (Å²) in [5.41, 5.74) is 1.57. The molecule has 0 aliphatic carbocycles. The molecule has 5 nitrogen and oxygen atoms in total. The topological polar surface area (TPSA) is 80.4 Å². The maximum absolute atomic E-state index is 10.2. The smallest absolute Gasteiger partial charge is 0.191 e. The van der Waals surface area contributed by atoms with E-state index in [2.05, 4.69) is 21.7 Å². The van der Waals surface area contributed by atoms with E-state index in [1.165, 1.54) is 11.3 Å². The number of nitrogens with zero attached hydrogens (tertiary/aromatic N) is 2. The Morgan fingerprint density at radius 2 is 2.21 bits per heavy atom. The molecule has 0 aliphatic heterocycles. The van der Waals surface area contributed by atoms with Crippen LogP contribution >= 0.6 is 22.9 Å². The van der Waals surface area contributed by atoms with Crippen LogP contribution in [0.3, 0.4) is 0 Å². The molecule has 0 amide bonds. The first-order chi connectivity index (χ1) is 11.6. The Kier molecular flexibility index (Phi) is 7.07. The molecular formula is C17H19ClN4OS. The number of thiophene rings is 1. The minimum absolute atomic E-state index is 0.334. The average Bonchev–Trinajstić information content (AvgIpc) is 3.04. The van der Waals surface area contributed by atoms with Gasteiger partial charge >= 0.3 is 0 Å². The van der Waals surface area contributed by atoms with Gasteiger partial charge in [0.05, 0.1) is 22.5 Å². The first kappa shape index (κ1) is 18.3. The van der Waals surface area contributed by atoms with Crippen LogP contribution in [-0.2, 0) is 6.54 Å². The zero-order valence-corrected chi connectivity index (χ0v) is 14.9. The van der Waals surface area contributed by atoms with Crippen molar-refractivity contribution in [1.29, 1.82) is 5.26 Å². The lowest BCUT2D eigenvalue weighted by Crippen LogP contribution is -2.39. The number of hydrogen-bond donors (Lipinski definition) is 3. The summed E-state index contributed by atoms with van der Waals surface area (Å²) in [5.74, 6) is 0.613. The Hall–Kier alpha value is -2.07. The molecule has 2 aromatic rings. The van der Waals surface area contributed by atoms with Gasteiger partial charge in [-0.05, 0) is 36.8 Å². The van der Waals surface area contributed by atoms with Crippen molar-refractivity contribution in [3.8, 4) is 6.07 Å². The molecule has 1 atom stereocenters. The second kappa shape index (κ2) is 9.28. The second-order valence-corrected chi connectivity index (χ2v) is 6.79. The summed E-state index contributed by atoms with van der Waals surface area (Å²) in [6.07, 6.45) is -0.645. The van der Waals surface area contributed by atoms with Gasteiger partial charge in [-0.15, -0.1) is 11.3 Å². The predicted molar refractivity (Wildman–Crippen MR) is 98.3 cm³/mol. The van der Waals surface area contributed by atoms with E-state index >= 15 is 0 Å². The van der Waals surface area contributed by atoms with Gasteiger partial charge < -0.3 is 15.7 Å². The van der Waals surface area contributed by atoms with E-state index in [1.54, 1.807) is 12.1 Å². The third-order valence-corrected chi connectivity index (χ3v) is 4.54. The number of hydrogen-bond acceptors (Lipinski definition) is 4. The van der Waals surface area contributed by atoms with E-state index in [1.807, 2.05) is 31.2 Å². The first-order valence-electron chi connectivity index (χ1n) is 7.57. The van der Waals surface area contributed by atoms with Crippen molar-refractivity contribution in [2.75, 3.05) is 13.1 Å². The van der Waals surface area contributed by atoms with E-state index < -0.39 is 6.10 Å². The third kappa shape index (κ3) is 5.53. The molecule has 3 N–H and O–H groups in total. The van der Waals surface area contributed by atoms with Crippen molar-refractivity contribution in [3.63, 3.8) is 0 Å².